The molecule has 6 nitrogen and oxygen atoms in total. The van der Waals surface area contributed by atoms with Gasteiger partial charge in [0.2, 0.25) is 0 Å². The van der Waals surface area contributed by atoms with Crippen molar-refractivity contribution in [3.05, 3.63) is 64.3 Å². The van der Waals surface area contributed by atoms with Crippen LogP contribution in [0.25, 0.3) is 23.0 Å². The van der Waals surface area contributed by atoms with Crippen LogP contribution in [-0.2, 0) is 9.59 Å². The van der Waals surface area contributed by atoms with E-state index in [2.05, 4.69) is 0 Å². The number of fused-ring (bicyclic) bond motifs is 1. The summed E-state index contributed by atoms with van der Waals surface area (Å²) in [5.74, 6) is -0.446. The Bertz CT molecular complexity index is 1210. The maximum absolute atomic E-state index is 12.8. The Hall–Kier alpha value is -2.68. The number of amides is 1. The van der Waals surface area contributed by atoms with Crippen molar-refractivity contribution in [2.45, 2.75) is 12.8 Å². The number of thiocarbonyl (C=S) groups is 1. The van der Waals surface area contributed by atoms with Crippen LogP contribution in [0.1, 0.15) is 18.5 Å². The minimum atomic E-state index is -0.896. The largest absolute Gasteiger partial charge is 0.481 e. The fraction of sp³-hybridized carbons (Fsp3) is 0.143. The summed E-state index contributed by atoms with van der Waals surface area (Å²) in [6, 6.07) is 13.2. The number of carboxylic acids is 1. The molecule has 3 aromatic rings. The molecule has 1 aliphatic heterocycles. The minimum Gasteiger partial charge on any atom is -0.481 e. The molecule has 30 heavy (non-hydrogen) atoms. The summed E-state index contributed by atoms with van der Waals surface area (Å²) in [7, 11) is 0. The Morgan fingerprint density at radius 2 is 2.00 bits per heavy atom. The van der Waals surface area contributed by atoms with Gasteiger partial charge in [-0.1, -0.05) is 53.8 Å². The van der Waals surface area contributed by atoms with E-state index in [1.807, 2.05) is 53.1 Å². The van der Waals surface area contributed by atoms with E-state index in [1.165, 1.54) is 16.7 Å². The van der Waals surface area contributed by atoms with Gasteiger partial charge in [0.1, 0.15) is 10.1 Å². The van der Waals surface area contributed by atoms with Crippen LogP contribution >= 0.6 is 35.6 Å². The number of rotatable bonds is 6. The van der Waals surface area contributed by atoms with Crippen LogP contribution in [0.5, 0.6) is 0 Å². The third-order valence-electron chi connectivity index (χ3n) is 4.61. The number of halogens is 1. The lowest BCUT2D eigenvalue weighted by Gasteiger charge is -2.13. The lowest BCUT2D eigenvalue weighted by atomic mass is 10.2. The molecule has 0 bridgehead atoms. The van der Waals surface area contributed by atoms with Crippen LogP contribution in [0, 0.1) is 0 Å². The molecule has 9 heteroatoms. The van der Waals surface area contributed by atoms with Gasteiger partial charge in [-0.3, -0.25) is 18.9 Å². The third-order valence-corrected chi connectivity index (χ3v) is 6.31. The van der Waals surface area contributed by atoms with Crippen LogP contribution in [-0.4, -0.2) is 42.1 Å². The lowest BCUT2D eigenvalue weighted by Crippen LogP contribution is -2.29. The average molecular weight is 458 g/mol. The van der Waals surface area contributed by atoms with Gasteiger partial charge >= 0.3 is 5.97 Å². The molecule has 0 atom stereocenters. The number of carbonyl (C=O) groups is 2. The summed E-state index contributed by atoms with van der Waals surface area (Å²) in [6.07, 6.45) is 3.96. The predicted molar refractivity (Wildman–Crippen MR) is 122 cm³/mol. The molecule has 1 aliphatic rings. The smallest absolute Gasteiger partial charge is 0.303 e. The van der Waals surface area contributed by atoms with Crippen molar-refractivity contribution in [3.8, 4) is 11.4 Å². The Morgan fingerprint density at radius 1 is 1.23 bits per heavy atom. The van der Waals surface area contributed by atoms with Gasteiger partial charge in [-0.25, -0.2) is 4.98 Å². The second-order valence-corrected chi connectivity index (χ2v) is 8.67. The van der Waals surface area contributed by atoms with Gasteiger partial charge in [0, 0.05) is 24.7 Å². The van der Waals surface area contributed by atoms with E-state index >= 15 is 0 Å². The summed E-state index contributed by atoms with van der Waals surface area (Å²) >= 11 is 12.9. The van der Waals surface area contributed by atoms with E-state index in [-0.39, 0.29) is 18.9 Å². The van der Waals surface area contributed by atoms with Gasteiger partial charge in [0.15, 0.2) is 0 Å². The number of aromatic nitrogens is 2. The first kappa shape index (κ1) is 20.6. The number of carbonyl (C=O) groups excluding carboxylic acids is 1. The maximum atomic E-state index is 12.8. The molecule has 0 aliphatic carbocycles. The van der Waals surface area contributed by atoms with E-state index in [9.17, 15) is 9.59 Å². The fourth-order valence-corrected chi connectivity index (χ4v) is 4.71. The van der Waals surface area contributed by atoms with Crippen molar-refractivity contribution in [1.29, 1.82) is 0 Å². The number of pyridine rings is 1. The van der Waals surface area contributed by atoms with Gasteiger partial charge in [-0.05, 0) is 36.8 Å². The molecule has 0 spiro atoms. The second-order valence-electron chi connectivity index (χ2n) is 6.59. The second kappa shape index (κ2) is 8.59. The van der Waals surface area contributed by atoms with Gasteiger partial charge in [-0.2, -0.15) is 0 Å². The van der Waals surface area contributed by atoms with Crippen molar-refractivity contribution in [3.63, 3.8) is 0 Å². The highest BCUT2D eigenvalue weighted by Gasteiger charge is 2.32. The molecule has 1 amide bonds. The minimum absolute atomic E-state index is 0.0109. The first-order valence-electron chi connectivity index (χ1n) is 9.15. The van der Waals surface area contributed by atoms with Crippen LogP contribution < -0.4 is 0 Å². The molecule has 1 fully saturated rings. The summed E-state index contributed by atoms with van der Waals surface area (Å²) in [5, 5.41) is 9.40. The molecule has 1 N–H and O–H groups in total. The number of thioether (sulfide) groups is 1. The molecule has 152 valence electrons. The quantitative estimate of drug-likeness (QED) is 0.426. The molecular formula is C21H16ClN3O3S2. The standard InChI is InChI=1S/C21H16ClN3O3S2/c22-14-7-2-1-6-13(14)19-23-15(16-8-3-4-10-24(16)19)12-17-20(28)25(21(29)30-17)11-5-9-18(26)27/h1-4,6-8,10,12H,5,9,11H2,(H,26,27)/b17-12-. The summed E-state index contributed by atoms with van der Waals surface area (Å²) in [5.41, 5.74) is 2.27. The molecule has 0 unspecified atom stereocenters. The van der Waals surface area contributed by atoms with Crippen molar-refractivity contribution >= 4 is 63.4 Å². The van der Waals surface area contributed by atoms with Crippen LogP contribution in [0.4, 0.5) is 0 Å². The van der Waals surface area contributed by atoms with Crippen molar-refractivity contribution < 1.29 is 14.7 Å². The highest BCUT2D eigenvalue weighted by atomic mass is 35.5. The zero-order valence-corrected chi connectivity index (χ0v) is 18.0. The lowest BCUT2D eigenvalue weighted by molar-refractivity contribution is -0.137. The van der Waals surface area contributed by atoms with Crippen LogP contribution in [0.2, 0.25) is 5.02 Å². The first-order chi connectivity index (χ1) is 14.5. The zero-order chi connectivity index (χ0) is 21.3. The molecule has 1 saturated heterocycles. The number of carboxylic acid groups (broad SMARTS) is 1. The number of aliphatic carboxylic acids is 1. The fourth-order valence-electron chi connectivity index (χ4n) is 3.21. The number of hydrogen-bond acceptors (Lipinski definition) is 5. The molecule has 2 aromatic heterocycles. The number of hydrogen-bond donors (Lipinski definition) is 1. The van der Waals surface area contributed by atoms with Crippen molar-refractivity contribution in [1.82, 2.24) is 14.3 Å². The monoisotopic (exact) mass is 457 g/mol. The van der Waals surface area contributed by atoms with Gasteiger partial charge in [0.25, 0.3) is 5.91 Å². The number of nitrogens with zero attached hydrogens (tertiary/aromatic N) is 3. The first-order valence-corrected chi connectivity index (χ1v) is 10.7. The Kier molecular flexibility index (Phi) is 5.90. The predicted octanol–water partition coefficient (Wildman–Crippen LogP) is 4.72. The van der Waals surface area contributed by atoms with Crippen LogP contribution in [0.15, 0.2) is 53.6 Å². The van der Waals surface area contributed by atoms with E-state index in [4.69, 9.17) is 33.9 Å². The van der Waals surface area contributed by atoms with Crippen molar-refractivity contribution in [2.24, 2.45) is 0 Å². The Balaban J connectivity index is 1.70. The molecule has 3 heterocycles. The average Bonchev–Trinajstić information content (AvgIpc) is 3.21. The van der Waals surface area contributed by atoms with E-state index in [0.29, 0.717) is 32.2 Å². The van der Waals surface area contributed by atoms with Crippen LogP contribution in [0.3, 0.4) is 0 Å². The number of imidazole rings is 1. The highest BCUT2D eigenvalue weighted by Crippen LogP contribution is 2.35. The summed E-state index contributed by atoms with van der Waals surface area (Å²) in [6.45, 7) is 0.281. The molecule has 0 radical (unpaired) electrons. The topological polar surface area (TPSA) is 74.9 Å². The van der Waals surface area contributed by atoms with Gasteiger partial charge in [0.05, 0.1) is 21.1 Å². The SMILES string of the molecule is O=C(O)CCCN1C(=O)/C(=C/c2nc(-c3ccccc3Cl)n3ccccc23)SC1=S. The van der Waals surface area contributed by atoms with Crippen molar-refractivity contribution in [2.75, 3.05) is 6.54 Å². The number of benzene rings is 1. The van der Waals surface area contributed by atoms with Gasteiger partial charge in [-0.15, -0.1) is 0 Å². The third kappa shape index (κ3) is 3.98. The highest BCUT2D eigenvalue weighted by molar-refractivity contribution is 8.26. The summed E-state index contributed by atoms with van der Waals surface area (Å²) < 4.78 is 2.35. The molecule has 0 saturated carbocycles. The molecular weight excluding hydrogens is 442 g/mol. The molecule has 1 aromatic carbocycles. The van der Waals surface area contributed by atoms with Gasteiger partial charge < -0.3 is 5.11 Å². The Morgan fingerprint density at radius 3 is 2.77 bits per heavy atom. The summed E-state index contributed by atoms with van der Waals surface area (Å²) in [4.78, 5) is 30.2. The van der Waals surface area contributed by atoms with E-state index < -0.39 is 5.97 Å². The van der Waals surface area contributed by atoms with E-state index in [0.717, 1.165) is 11.1 Å². The zero-order valence-electron chi connectivity index (χ0n) is 15.6. The normalized spacial score (nSPS) is 15.5. The maximum Gasteiger partial charge on any atom is 0.303 e. The van der Waals surface area contributed by atoms with E-state index in [1.54, 1.807) is 6.08 Å². The Labute approximate surface area is 187 Å². The molecule has 4 rings (SSSR count).